The van der Waals surface area contributed by atoms with Crippen LogP contribution < -0.4 is 10.6 Å². The van der Waals surface area contributed by atoms with E-state index in [1.165, 1.54) is 0 Å². The second kappa shape index (κ2) is 8.69. The highest BCUT2D eigenvalue weighted by molar-refractivity contribution is 6.06. The van der Waals surface area contributed by atoms with Crippen LogP contribution in [0.2, 0.25) is 0 Å². The lowest BCUT2D eigenvalue weighted by Gasteiger charge is -2.21. The largest absolute Gasteiger partial charge is 0.344 e. The molecule has 1 aliphatic rings. The van der Waals surface area contributed by atoms with E-state index in [1.807, 2.05) is 74.5 Å². The highest BCUT2D eigenvalue weighted by Crippen LogP contribution is 2.22. The third-order valence-corrected chi connectivity index (χ3v) is 4.69. The Hall–Kier alpha value is -3.15. The third-order valence-electron chi connectivity index (χ3n) is 4.69. The molecule has 2 aromatic rings. The molecule has 2 N–H and O–H groups in total. The quantitative estimate of drug-likeness (QED) is 0.726. The van der Waals surface area contributed by atoms with Gasteiger partial charge in [0.2, 0.25) is 5.91 Å². The van der Waals surface area contributed by atoms with Crippen molar-refractivity contribution in [1.29, 1.82) is 0 Å². The molecule has 0 radical (unpaired) electrons. The van der Waals surface area contributed by atoms with Crippen molar-refractivity contribution >= 4 is 17.8 Å². The van der Waals surface area contributed by atoms with E-state index in [0.29, 0.717) is 6.42 Å². The van der Waals surface area contributed by atoms with Crippen LogP contribution >= 0.6 is 0 Å². The van der Waals surface area contributed by atoms with E-state index in [4.69, 9.17) is 0 Å². The van der Waals surface area contributed by atoms with Gasteiger partial charge < -0.3 is 10.6 Å². The van der Waals surface area contributed by atoms with E-state index in [1.54, 1.807) is 0 Å². The van der Waals surface area contributed by atoms with Gasteiger partial charge in [0, 0.05) is 0 Å². The first-order chi connectivity index (χ1) is 13.5. The molecule has 3 rings (SSSR count). The Bertz CT molecular complexity index is 797. The van der Waals surface area contributed by atoms with E-state index >= 15 is 0 Å². The summed E-state index contributed by atoms with van der Waals surface area (Å²) in [7, 11) is 0. The zero-order valence-corrected chi connectivity index (χ0v) is 16.1. The number of carbonyl (C=O) groups excluding carboxylic acids is 3. The van der Waals surface area contributed by atoms with Crippen LogP contribution in [0.15, 0.2) is 60.7 Å². The van der Waals surface area contributed by atoms with Crippen LogP contribution in [0, 0.1) is 5.92 Å². The number of urea groups is 1. The van der Waals surface area contributed by atoms with Crippen molar-refractivity contribution in [2.45, 2.75) is 32.4 Å². The summed E-state index contributed by atoms with van der Waals surface area (Å²) in [5.74, 6) is -0.459. The van der Waals surface area contributed by atoms with Crippen molar-refractivity contribution in [3.63, 3.8) is 0 Å². The number of nitrogens with zero attached hydrogens (tertiary/aromatic N) is 1. The lowest BCUT2D eigenvalue weighted by molar-refractivity contribution is -0.132. The standard InChI is InChI=1S/C22H25N3O3/c1-15(2)13-18-21(27)25(22(28)23-18)14-19(26)24-20(16-9-5-3-6-10-16)17-11-7-4-8-12-17/h3-12,15,18,20H,13-14H2,1-2H3,(H,23,28)(H,24,26). The van der Waals surface area contributed by atoms with Gasteiger partial charge in [0.25, 0.3) is 5.91 Å². The van der Waals surface area contributed by atoms with Crippen LogP contribution in [-0.4, -0.2) is 35.3 Å². The van der Waals surface area contributed by atoms with Gasteiger partial charge in [-0.1, -0.05) is 74.5 Å². The maximum absolute atomic E-state index is 12.7. The van der Waals surface area contributed by atoms with Gasteiger partial charge in [-0.15, -0.1) is 0 Å². The molecule has 0 spiro atoms. The molecule has 28 heavy (non-hydrogen) atoms. The molecule has 2 aromatic carbocycles. The van der Waals surface area contributed by atoms with Gasteiger partial charge in [-0.2, -0.15) is 0 Å². The highest BCUT2D eigenvalue weighted by Gasteiger charge is 2.39. The number of imide groups is 1. The van der Waals surface area contributed by atoms with Gasteiger partial charge in [0.1, 0.15) is 12.6 Å². The molecule has 1 atom stereocenters. The average molecular weight is 379 g/mol. The highest BCUT2D eigenvalue weighted by atomic mass is 16.2. The minimum absolute atomic E-state index is 0.267. The van der Waals surface area contributed by atoms with Gasteiger partial charge >= 0.3 is 6.03 Å². The maximum atomic E-state index is 12.7. The van der Waals surface area contributed by atoms with E-state index in [9.17, 15) is 14.4 Å². The normalized spacial score (nSPS) is 16.6. The Morgan fingerprint density at radius 1 is 1.00 bits per heavy atom. The lowest BCUT2D eigenvalue weighted by atomic mass is 9.99. The first-order valence-corrected chi connectivity index (χ1v) is 9.47. The molecule has 146 valence electrons. The number of nitrogens with one attached hydrogen (secondary N) is 2. The zero-order chi connectivity index (χ0) is 20.1. The number of hydrogen-bond acceptors (Lipinski definition) is 3. The summed E-state index contributed by atoms with van der Waals surface area (Å²) in [6.45, 7) is 3.67. The Balaban J connectivity index is 1.73. The van der Waals surface area contributed by atoms with Crippen LogP contribution in [0.25, 0.3) is 0 Å². The Kier molecular flexibility index (Phi) is 6.09. The predicted molar refractivity (Wildman–Crippen MR) is 106 cm³/mol. The molecule has 0 aliphatic carbocycles. The van der Waals surface area contributed by atoms with Crippen LogP contribution in [-0.2, 0) is 9.59 Å². The number of rotatable bonds is 7. The van der Waals surface area contributed by atoms with Gasteiger partial charge in [0.05, 0.1) is 6.04 Å². The minimum Gasteiger partial charge on any atom is -0.344 e. The van der Waals surface area contributed by atoms with Crippen molar-refractivity contribution in [2.75, 3.05) is 6.54 Å². The van der Waals surface area contributed by atoms with Crippen molar-refractivity contribution in [1.82, 2.24) is 15.5 Å². The topological polar surface area (TPSA) is 78.5 Å². The molecular weight excluding hydrogens is 354 g/mol. The summed E-state index contributed by atoms with van der Waals surface area (Å²) >= 11 is 0. The molecule has 6 heteroatoms. The van der Waals surface area contributed by atoms with E-state index < -0.39 is 12.1 Å². The molecule has 4 amide bonds. The molecule has 1 unspecified atom stereocenters. The van der Waals surface area contributed by atoms with Crippen molar-refractivity contribution in [3.05, 3.63) is 71.8 Å². The molecule has 1 fully saturated rings. The molecule has 1 heterocycles. The summed E-state index contributed by atoms with van der Waals surface area (Å²) < 4.78 is 0. The molecule has 6 nitrogen and oxygen atoms in total. The van der Waals surface area contributed by atoms with Crippen LogP contribution in [0.4, 0.5) is 4.79 Å². The zero-order valence-electron chi connectivity index (χ0n) is 16.1. The van der Waals surface area contributed by atoms with Gasteiger partial charge in [-0.25, -0.2) is 4.79 Å². The van der Waals surface area contributed by atoms with Gasteiger partial charge in [0.15, 0.2) is 0 Å². The Labute approximate surface area is 164 Å². The van der Waals surface area contributed by atoms with E-state index in [2.05, 4.69) is 10.6 Å². The van der Waals surface area contributed by atoms with Crippen molar-refractivity contribution in [3.8, 4) is 0 Å². The smallest absolute Gasteiger partial charge is 0.325 e. The maximum Gasteiger partial charge on any atom is 0.325 e. The second-order valence-corrected chi connectivity index (χ2v) is 7.38. The molecule has 1 aliphatic heterocycles. The Morgan fingerprint density at radius 3 is 2.04 bits per heavy atom. The number of amides is 4. The van der Waals surface area contributed by atoms with Crippen LogP contribution in [0.5, 0.6) is 0 Å². The number of carbonyl (C=O) groups is 3. The third kappa shape index (κ3) is 4.57. The summed E-state index contributed by atoms with van der Waals surface area (Å²) in [4.78, 5) is 38.3. The summed E-state index contributed by atoms with van der Waals surface area (Å²) in [6.07, 6.45) is 0.555. The van der Waals surface area contributed by atoms with Gasteiger partial charge in [-0.3, -0.25) is 14.5 Å². The summed E-state index contributed by atoms with van der Waals surface area (Å²) in [6, 6.07) is 17.8. The fraction of sp³-hybridized carbons (Fsp3) is 0.318. The fourth-order valence-electron chi connectivity index (χ4n) is 3.36. The summed E-state index contributed by atoms with van der Waals surface area (Å²) in [5, 5.41) is 5.62. The molecule has 0 bridgehead atoms. The van der Waals surface area contributed by atoms with Crippen molar-refractivity contribution < 1.29 is 14.4 Å². The van der Waals surface area contributed by atoms with E-state index in [-0.39, 0.29) is 30.3 Å². The van der Waals surface area contributed by atoms with Crippen LogP contribution in [0.1, 0.15) is 37.4 Å². The van der Waals surface area contributed by atoms with Crippen LogP contribution in [0.3, 0.4) is 0 Å². The predicted octanol–water partition coefficient (Wildman–Crippen LogP) is 2.86. The molecule has 1 saturated heterocycles. The SMILES string of the molecule is CC(C)CC1NC(=O)N(CC(=O)NC(c2ccccc2)c2ccccc2)C1=O. The fourth-order valence-corrected chi connectivity index (χ4v) is 3.36. The number of benzene rings is 2. The monoisotopic (exact) mass is 379 g/mol. The lowest BCUT2D eigenvalue weighted by Crippen LogP contribution is -2.42. The summed E-state index contributed by atoms with van der Waals surface area (Å²) in [5.41, 5.74) is 1.86. The molecular formula is C22H25N3O3. The Morgan fingerprint density at radius 2 is 1.54 bits per heavy atom. The minimum atomic E-state index is -0.556. The number of hydrogen-bond donors (Lipinski definition) is 2. The molecule has 0 saturated carbocycles. The van der Waals surface area contributed by atoms with Gasteiger partial charge in [-0.05, 0) is 23.5 Å². The second-order valence-electron chi connectivity index (χ2n) is 7.38. The first-order valence-electron chi connectivity index (χ1n) is 9.47. The molecule has 0 aromatic heterocycles. The first kappa shape index (κ1) is 19.6. The van der Waals surface area contributed by atoms with E-state index in [0.717, 1.165) is 16.0 Å². The average Bonchev–Trinajstić information content (AvgIpc) is 2.94. The van der Waals surface area contributed by atoms with Crippen molar-refractivity contribution in [2.24, 2.45) is 5.92 Å².